The third-order valence-corrected chi connectivity index (χ3v) is 7.02. The Labute approximate surface area is 123 Å². The molecule has 0 aromatic carbocycles. The van der Waals surface area contributed by atoms with Crippen LogP contribution < -0.4 is 0 Å². The molecule has 2 fully saturated rings. The summed E-state index contributed by atoms with van der Waals surface area (Å²) in [5.41, 5.74) is -0.553. The third kappa shape index (κ3) is 2.21. The van der Waals surface area contributed by atoms with Crippen LogP contribution in [0.15, 0.2) is 12.2 Å². The van der Waals surface area contributed by atoms with Crippen molar-refractivity contribution in [1.82, 2.24) is 0 Å². The fourth-order valence-electron chi connectivity index (χ4n) is 3.75. The van der Waals surface area contributed by atoms with Crippen molar-refractivity contribution in [1.29, 1.82) is 0 Å². The summed E-state index contributed by atoms with van der Waals surface area (Å²) >= 11 is 3.81. The molecule has 0 aromatic rings. The van der Waals surface area contributed by atoms with Crippen molar-refractivity contribution >= 4 is 15.9 Å². The molecule has 0 aromatic heterocycles. The zero-order valence-corrected chi connectivity index (χ0v) is 13.3. The monoisotopic (exact) mass is 330 g/mol. The van der Waals surface area contributed by atoms with Gasteiger partial charge in [0.2, 0.25) is 0 Å². The second kappa shape index (κ2) is 4.55. The lowest BCUT2D eigenvalue weighted by molar-refractivity contribution is -0.441. The fraction of sp³-hybridized carbons (Fsp3) is 0.867. The summed E-state index contributed by atoms with van der Waals surface area (Å²) in [5.74, 6) is 0.504. The molecule has 2 aliphatic carbocycles. The minimum absolute atomic E-state index is 0.000780. The van der Waals surface area contributed by atoms with Crippen LogP contribution in [-0.4, -0.2) is 27.7 Å². The predicted octanol–water partition coefficient (Wildman–Crippen LogP) is 3.36. The van der Waals surface area contributed by atoms with E-state index >= 15 is 0 Å². The minimum Gasteiger partial charge on any atom is -0.393 e. The summed E-state index contributed by atoms with van der Waals surface area (Å²) < 4.78 is 0. The summed E-state index contributed by atoms with van der Waals surface area (Å²) in [6.07, 6.45) is 9.48. The van der Waals surface area contributed by atoms with E-state index in [1.54, 1.807) is 0 Å². The maximum Gasteiger partial charge on any atom is 0.145 e. The van der Waals surface area contributed by atoms with Crippen LogP contribution in [0.25, 0.3) is 0 Å². The molecule has 2 unspecified atom stereocenters. The standard InChI is InChI=1S/C15H23BrO3/c1-13(2)9-11(3-4-12(13)16)15-7-5-14(10-17,6-8-15)18-19-15/h5,7,11-12,17H,3-4,6,8-10H2,1-2H3/t11-,12-,14?,15?/m0/s1. The number of fused-ring (bicyclic) bond motifs is 2. The highest BCUT2D eigenvalue weighted by Gasteiger charge is 2.53. The molecule has 4 atom stereocenters. The van der Waals surface area contributed by atoms with Gasteiger partial charge in [-0.2, -0.15) is 0 Å². The maximum absolute atomic E-state index is 9.42. The van der Waals surface area contributed by atoms with Gasteiger partial charge in [-0.25, -0.2) is 9.78 Å². The largest absolute Gasteiger partial charge is 0.393 e. The second-order valence-electron chi connectivity index (χ2n) is 7.11. The zero-order valence-electron chi connectivity index (χ0n) is 11.7. The number of halogens is 1. The average molecular weight is 331 g/mol. The van der Waals surface area contributed by atoms with Crippen molar-refractivity contribution in [2.24, 2.45) is 11.3 Å². The van der Waals surface area contributed by atoms with Crippen LogP contribution in [0.4, 0.5) is 0 Å². The summed E-state index contributed by atoms with van der Waals surface area (Å²) in [6, 6.07) is 0. The number of hydrogen-bond acceptors (Lipinski definition) is 3. The first-order chi connectivity index (χ1) is 8.91. The molecule has 1 saturated heterocycles. The highest BCUT2D eigenvalue weighted by atomic mass is 79.9. The fourth-order valence-corrected chi connectivity index (χ4v) is 4.20. The van der Waals surface area contributed by atoms with E-state index in [1.807, 2.05) is 6.08 Å². The highest BCUT2D eigenvalue weighted by Crippen LogP contribution is 2.53. The smallest absolute Gasteiger partial charge is 0.145 e. The number of rotatable bonds is 2. The Morgan fingerprint density at radius 2 is 2.00 bits per heavy atom. The molecule has 1 saturated carbocycles. The first kappa shape index (κ1) is 14.1. The SMILES string of the molecule is CC1(C)C[C@@H](C23C=CC(CO)(CC2)OO3)CC[C@@H]1Br. The number of aliphatic hydroxyl groups is 1. The van der Waals surface area contributed by atoms with Gasteiger partial charge in [-0.1, -0.05) is 35.9 Å². The summed E-state index contributed by atoms with van der Waals surface area (Å²) in [7, 11) is 0. The van der Waals surface area contributed by atoms with Crippen LogP contribution in [0.5, 0.6) is 0 Å². The lowest BCUT2D eigenvalue weighted by Gasteiger charge is -2.53. The molecule has 2 aliphatic heterocycles. The predicted molar refractivity (Wildman–Crippen MR) is 76.9 cm³/mol. The Morgan fingerprint density at radius 3 is 2.47 bits per heavy atom. The highest BCUT2D eigenvalue weighted by molar-refractivity contribution is 9.09. The van der Waals surface area contributed by atoms with Gasteiger partial charge in [0, 0.05) is 4.83 Å². The van der Waals surface area contributed by atoms with Crippen LogP contribution in [0.2, 0.25) is 0 Å². The third-order valence-electron chi connectivity index (χ3n) is 5.32. The van der Waals surface area contributed by atoms with Crippen molar-refractivity contribution in [3.8, 4) is 0 Å². The summed E-state index contributed by atoms with van der Waals surface area (Å²) in [4.78, 5) is 11.9. The molecule has 2 bridgehead atoms. The second-order valence-corrected chi connectivity index (χ2v) is 8.22. The molecule has 4 aliphatic rings. The van der Waals surface area contributed by atoms with Crippen molar-refractivity contribution in [3.63, 3.8) is 0 Å². The van der Waals surface area contributed by atoms with Gasteiger partial charge in [0.25, 0.3) is 0 Å². The van der Waals surface area contributed by atoms with Gasteiger partial charge in [0.1, 0.15) is 11.2 Å². The molecule has 1 N–H and O–H groups in total. The average Bonchev–Trinajstić information content (AvgIpc) is 2.44. The van der Waals surface area contributed by atoms with Gasteiger partial charge in [-0.3, -0.25) is 0 Å². The van der Waals surface area contributed by atoms with E-state index in [1.165, 1.54) is 12.8 Å². The molecule has 4 rings (SSSR count). The van der Waals surface area contributed by atoms with Crippen molar-refractivity contribution in [2.75, 3.05) is 6.61 Å². The molecule has 19 heavy (non-hydrogen) atoms. The van der Waals surface area contributed by atoms with Crippen LogP contribution >= 0.6 is 15.9 Å². The summed E-state index contributed by atoms with van der Waals surface area (Å²) in [5, 5.41) is 9.42. The van der Waals surface area contributed by atoms with Gasteiger partial charge < -0.3 is 5.11 Å². The molecule has 2 heterocycles. The summed E-state index contributed by atoms with van der Waals surface area (Å²) in [6.45, 7) is 4.64. The van der Waals surface area contributed by atoms with E-state index in [-0.39, 0.29) is 17.6 Å². The van der Waals surface area contributed by atoms with E-state index in [0.717, 1.165) is 19.3 Å². The van der Waals surface area contributed by atoms with E-state index < -0.39 is 5.60 Å². The Balaban J connectivity index is 1.81. The van der Waals surface area contributed by atoms with Crippen molar-refractivity contribution in [2.45, 2.75) is 62.0 Å². The molecule has 0 spiro atoms. The number of aliphatic hydroxyl groups excluding tert-OH is 1. The number of hydrogen-bond donors (Lipinski definition) is 1. The van der Waals surface area contributed by atoms with Crippen molar-refractivity contribution in [3.05, 3.63) is 12.2 Å². The van der Waals surface area contributed by atoms with Gasteiger partial charge in [0.15, 0.2) is 0 Å². The Kier molecular flexibility index (Phi) is 3.37. The number of alkyl halides is 1. The lowest BCUT2D eigenvalue weighted by atomic mass is 9.63. The maximum atomic E-state index is 9.42. The van der Waals surface area contributed by atoms with Crippen LogP contribution in [0.3, 0.4) is 0 Å². The first-order valence-corrected chi connectivity index (χ1v) is 8.15. The van der Waals surface area contributed by atoms with Gasteiger partial charge in [0.05, 0.1) is 6.61 Å². The van der Waals surface area contributed by atoms with E-state index in [2.05, 4.69) is 35.9 Å². The van der Waals surface area contributed by atoms with Gasteiger partial charge >= 0.3 is 0 Å². The van der Waals surface area contributed by atoms with E-state index in [0.29, 0.717) is 10.7 Å². The molecule has 0 amide bonds. The molecular weight excluding hydrogens is 308 g/mol. The topological polar surface area (TPSA) is 38.7 Å². The quantitative estimate of drug-likeness (QED) is 0.479. The van der Waals surface area contributed by atoms with Crippen LogP contribution in [0, 0.1) is 11.3 Å². The minimum atomic E-state index is -0.579. The normalized spacial score (nSPS) is 48.4. The van der Waals surface area contributed by atoms with E-state index in [4.69, 9.17) is 9.78 Å². The molecule has 3 nitrogen and oxygen atoms in total. The zero-order chi connectivity index (χ0) is 13.7. The lowest BCUT2D eigenvalue weighted by Crippen LogP contribution is -2.56. The molecule has 108 valence electrons. The van der Waals surface area contributed by atoms with E-state index in [9.17, 15) is 5.11 Å². The Bertz CT molecular complexity index is 383. The van der Waals surface area contributed by atoms with Crippen LogP contribution in [-0.2, 0) is 9.78 Å². The van der Waals surface area contributed by atoms with Gasteiger partial charge in [-0.15, -0.1) is 0 Å². The van der Waals surface area contributed by atoms with Crippen LogP contribution in [0.1, 0.15) is 46.0 Å². The van der Waals surface area contributed by atoms with Gasteiger partial charge in [-0.05, 0) is 49.5 Å². The molecular formula is C15H23BrO3. The molecule has 4 heteroatoms. The Hall–Kier alpha value is 0.100. The Morgan fingerprint density at radius 1 is 1.21 bits per heavy atom. The molecule has 0 radical (unpaired) electrons. The van der Waals surface area contributed by atoms with Crippen molar-refractivity contribution < 1.29 is 14.9 Å². The first-order valence-electron chi connectivity index (χ1n) is 7.24.